The first-order chi connectivity index (χ1) is 10.4. The summed E-state index contributed by atoms with van der Waals surface area (Å²) in [6, 6.07) is 0. The zero-order valence-corrected chi connectivity index (χ0v) is 16.6. The quantitative estimate of drug-likeness (QED) is 0.672. The van der Waals surface area contributed by atoms with E-state index in [1.165, 1.54) is 39.1 Å². The molecule has 2 nitrogen and oxygen atoms in total. The number of hydrogen-bond acceptors (Lipinski definition) is 1. The van der Waals surface area contributed by atoms with Crippen LogP contribution < -0.4 is 0 Å². The van der Waals surface area contributed by atoms with Crippen LogP contribution in [0.1, 0.15) is 76.5 Å². The summed E-state index contributed by atoms with van der Waals surface area (Å²) >= 11 is 0. The first-order valence-electron chi connectivity index (χ1n) is 8.93. The lowest BCUT2D eigenvalue weighted by atomic mass is 9.53. The Morgan fingerprint density at radius 2 is 1.43 bits per heavy atom. The SMILES string of the molecule is CCc1nc2c(C)c(C)c(C)c3c2n1C(C)(C)C(C)(C)C3(C)C. The minimum atomic E-state index is 0.0255. The van der Waals surface area contributed by atoms with E-state index in [1.54, 1.807) is 0 Å². The molecule has 0 radical (unpaired) electrons. The lowest BCUT2D eigenvalue weighted by molar-refractivity contribution is 0.0299. The Kier molecular flexibility index (Phi) is 3.17. The minimum absolute atomic E-state index is 0.0255. The van der Waals surface area contributed by atoms with Gasteiger partial charge >= 0.3 is 0 Å². The Labute approximate surface area is 141 Å². The zero-order valence-electron chi connectivity index (χ0n) is 16.6. The van der Waals surface area contributed by atoms with Crippen molar-refractivity contribution in [2.24, 2.45) is 5.41 Å². The third-order valence-electron chi connectivity index (χ3n) is 7.63. The fourth-order valence-electron chi connectivity index (χ4n) is 4.74. The van der Waals surface area contributed by atoms with E-state index in [1.807, 2.05) is 0 Å². The highest BCUT2D eigenvalue weighted by atomic mass is 15.2. The second-order valence-electron chi connectivity index (χ2n) is 8.97. The first-order valence-corrected chi connectivity index (χ1v) is 8.93. The van der Waals surface area contributed by atoms with Gasteiger partial charge in [-0.15, -0.1) is 0 Å². The fourth-order valence-corrected chi connectivity index (χ4v) is 4.74. The van der Waals surface area contributed by atoms with Crippen molar-refractivity contribution in [1.29, 1.82) is 0 Å². The smallest absolute Gasteiger partial charge is 0.110 e. The number of benzene rings is 1. The van der Waals surface area contributed by atoms with E-state index in [4.69, 9.17) is 4.98 Å². The molecule has 1 aromatic heterocycles. The van der Waals surface area contributed by atoms with E-state index in [2.05, 4.69) is 73.8 Å². The van der Waals surface area contributed by atoms with Gasteiger partial charge in [-0.05, 0) is 67.7 Å². The van der Waals surface area contributed by atoms with Crippen LogP contribution in [-0.2, 0) is 17.4 Å². The molecule has 23 heavy (non-hydrogen) atoms. The summed E-state index contributed by atoms with van der Waals surface area (Å²) in [7, 11) is 0. The van der Waals surface area contributed by atoms with Crippen molar-refractivity contribution in [2.45, 2.75) is 86.6 Å². The summed E-state index contributed by atoms with van der Waals surface area (Å²) < 4.78 is 2.56. The Bertz CT molecular complexity index is 816. The number of rotatable bonds is 1. The normalized spacial score (nSPS) is 21.0. The van der Waals surface area contributed by atoms with Crippen molar-refractivity contribution >= 4 is 11.0 Å². The first kappa shape index (κ1) is 16.5. The maximum absolute atomic E-state index is 5.09. The summed E-state index contributed by atoms with van der Waals surface area (Å²) in [6.07, 6.45) is 0.978. The molecule has 0 aliphatic carbocycles. The fraction of sp³-hybridized carbons (Fsp3) is 0.667. The number of hydrogen-bond donors (Lipinski definition) is 0. The van der Waals surface area contributed by atoms with Crippen molar-refractivity contribution in [3.05, 3.63) is 28.1 Å². The summed E-state index contributed by atoms with van der Waals surface area (Å²) in [4.78, 5) is 5.09. The zero-order chi connectivity index (χ0) is 17.5. The van der Waals surface area contributed by atoms with E-state index in [0.717, 1.165) is 6.42 Å². The maximum Gasteiger partial charge on any atom is 0.110 e. The monoisotopic (exact) mass is 312 g/mol. The molecule has 0 atom stereocenters. The molecular weight excluding hydrogens is 280 g/mol. The molecule has 126 valence electrons. The van der Waals surface area contributed by atoms with Gasteiger partial charge in [-0.2, -0.15) is 0 Å². The van der Waals surface area contributed by atoms with Crippen molar-refractivity contribution in [3.8, 4) is 0 Å². The topological polar surface area (TPSA) is 17.8 Å². The van der Waals surface area contributed by atoms with Crippen LogP contribution in [0.3, 0.4) is 0 Å². The van der Waals surface area contributed by atoms with Gasteiger partial charge in [-0.1, -0.05) is 34.6 Å². The Morgan fingerprint density at radius 1 is 0.870 bits per heavy atom. The van der Waals surface area contributed by atoms with Gasteiger partial charge in [0.05, 0.1) is 11.0 Å². The average Bonchev–Trinajstić information content (AvgIpc) is 2.83. The van der Waals surface area contributed by atoms with Gasteiger partial charge in [0, 0.05) is 12.0 Å². The summed E-state index contributed by atoms with van der Waals surface area (Å²) in [5.41, 5.74) is 8.56. The lowest BCUT2D eigenvalue weighted by Crippen LogP contribution is -2.56. The third-order valence-corrected chi connectivity index (χ3v) is 7.63. The van der Waals surface area contributed by atoms with Crippen LogP contribution in [-0.4, -0.2) is 9.55 Å². The highest BCUT2D eigenvalue weighted by molar-refractivity contribution is 5.88. The van der Waals surface area contributed by atoms with Crippen molar-refractivity contribution in [2.75, 3.05) is 0 Å². The van der Waals surface area contributed by atoms with Gasteiger partial charge in [-0.25, -0.2) is 4.98 Å². The summed E-state index contributed by atoms with van der Waals surface area (Å²) in [5, 5.41) is 0. The highest BCUT2D eigenvalue weighted by Gasteiger charge is 2.55. The lowest BCUT2D eigenvalue weighted by Gasteiger charge is -2.57. The highest BCUT2D eigenvalue weighted by Crippen LogP contribution is 2.58. The molecule has 0 unspecified atom stereocenters. The maximum atomic E-state index is 5.09. The molecule has 1 aliphatic rings. The van der Waals surface area contributed by atoms with E-state index >= 15 is 0 Å². The molecule has 0 N–H and O–H groups in total. The predicted octanol–water partition coefficient (Wildman–Crippen LogP) is 5.58. The molecule has 0 amide bonds. The molecule has 0 spiro atoms. The number of aromatic nitrogens is 2. The van der Waals surface area contributed by atoms with Gasteiger partial charge in [0.25, 0.3) is 0 Å². The second kappa shape index (κ2) is 4.40. The number of nitrogens with zero attached hydrogens (tertiary/aromatic N) is 2. The van der Waals surface area contributed by atoms with Crippen LogP contribution in [0, 0.1) is 26.2 Å². The van der Waals surface area contributed by atoms with Crippen LogP contribution in [0.2, 0.25) is 0 Å². The molecular formula is C21H32N2. The molecule has 1 aromatic carbocycles. The molecule has 2 aromatic rings. The average molecular weight is 313 g/mol. The van der Waals surface area contributed by atoms with E-state index in [-0.39, 0.29) is 16.4 Å². The van der Waals surface area contributed by atoms with Gasteiger partial charge in [-0.3, -0.25) is 0 Å². The standard InChI is InChI=1S/C21H32N2/c1-11-15-22-17-14(4)12(2)13(3)16-18(17)23(15)21(9,10)20(7,8)19(16,5)6/h11H2,1-10H3. The van der Waals surface area contributed by atoms with Crippen LogP contribution in [0.25, 0.3) is 11.0 Å². The molecule has 0 saturated carbocycles. The molecule has 3 rings (SSSR count). The Hall–Kier alpha value is -1.31. The van der Waals surface area contributed by atoms with Crippen LogP contribution in [0.15, 0.2) is 0 Å². The Balaban J connectivity index is 2.67. The summed E-state index contributed by atoms with van der Waals surface area (Å²) in [6.45, 7) is 23.5. The third kappa shape index (κ3) is 1.63. The van der Waals surface area contributed by atoms with Crippen LogP contribution in [0.5, 0.6) is 0 Å². The summed E-state index contributed by atoms with van der Waals surface area (Å²) in [5.74, 6) is 1.22. The van der Waals surface area contributed by atoms with Gasteiger partial charge < -0.3 is 4.57 Å². The molecule has 1 aliphatic heterocycles. The number of imidazole rings is 1. The van der Waals surface area contributed by atoms with Gasteiger partial charge in [0.2, 0.25) is 0 Å². The van der Waals surface area contributed by atoms with Crippen molar-refractivity contribution in [3.63, 3.8) is 0 Å². The van der Waals surface area contributed by atoms with Crippen LogP contribution in [0.4, 0.5) is 0 Å². The van der Waals surface area contributed by atoms with Gasteiger partial charge in [0.1, 0.15) is 5.82 Å². The predicted molar refractivity (Wildman–Crippen MR) is 99.5 cm³/mol. The van der Waals surface area contributed by atoms with Crippen LogP contribution >= 0.6 is 0 Å². The minimum Gasteiger partial charge on any atom is -0.321 e. The van der Waals surface area contributed by atoms with Gasteiger partial charge in [0.15, 0.2) is 0 Å². The van der Waals surface area contributed by atoms with E-state index in [0.29, 0.717) is 0 Å². The van der Waals surface area contributed by atoms with Crippen molar-refractivity contribution in [1.82, 2.24) is 9.55 Å². The molecule has 2 heteroatoms. The number of aryl methyl sites for hydroxylation is 2. The molecule has 0 bridgehead atoms. The van der Waals surface area contributed by atoms with Crippen molar-refractivity contribution < 1.29 is 0 Å². The largest absolute Gasteiger partial charge is 0.321 e. The molecule has 2 heterocycles. The molecule has 0 fully saturated rings. The Morgan fingerprint density at radius 3 is 1.96 bits per heavy atom. The second-order valence-corrected chi connectivity index (χ2v) is 8.97. The van der Waals surface area contributed by atoms with E-state index < -0.39 is 0 Å². The van der Waals surface area contributed by atoms with E-state index in [9.17, 15) is 0 Å². The molecule has 0 saturated heterocycles.